The molecular weight excluding hydrogens is 366 g/mol. The smallest absolute Gasteiger partial charge is 0.331 e. The zero-order valence-corrected chi connectivity index (χ0v) is 16.2. The van der Waals surface area contributed by atoms with Crippen molar-refractivity contribution in [3.05, 3.63) is 47.5 Å². The number of benzene rings is 1. The minimum atomic E-state index is -0.644. The van der Waals surface area contributed by atoms with E-state index in [0.29, 0.717) is 16.5 Å². The summed E-state index contributed by atoms with van der Waals surface area (Å²) in [7, 11) is 0. The van der Waals surface area contributed by atoms with Crippen molar-refractivity contribution in [3.8, 4) is 0 Å². The van der Waals surface area contributed by atoms with Gasteiger partial charge < -0.3 is 10.1 Å². The van der Waals surface area contributed by atoms with E-state index < -0.39 is 5.97 Å². The van der Waals surface area contributed by atoms with Gasteiger partial charge in [0.2, 0.25) is 5.91 Å². The third-order valence-corrected chi connectivity index (χ3v) is 4.06. The van der Waals surface area contributed by atoms with Gasteiger partial charge in [0, 0.05) is 24.4 Å². The summed E-state index contributed by atoms with van der Waals surface area (Å²) >= 11 is 1.28. The lowest BCUT2D eigenvalue weighted by atomic mass is 10.3. The van der Waals surface area contributed by atoms with Crippen LogP contribution in [0.5, 0.6) is 0 Å². The predicted molar refractivity (Wildman–Crippen MR) is 105 cm³/mol. The summed E-state index contributed by atoms with van der Waals surface area (Å²) in [5.41, 5.74) is 1.23. The van der Waals surface area contributed by atoms with Crippen LogP contribution in [0.2, 0.25) is 0 Å². The lowest BCUT2D eigenvalue weighted by Crippen LogP contribution is -2.33. The molecule has 2 aromatic rings. The van der Waals surface area contributed by atoms with Gasteiger partial charge in [-0.1, -0.05) is 18.2 Å². The Morgan fingerprint density at radius 3 is 2.59 bits per heavy atom. The molecular formula is C19H21N3O4S. The first kappa shape index (κ1) is 20.3. The fourth-order valence-electron chi connectivity index (χ4n) is 2.16. The van der Waals surface area contributed by atoms with Crippen LogP contribution in [0.3, 0.4) is 0 Å². The molecule has 27 heavy (non-hydrogen) atoms. The highest BCUT2D eigenvalue weighted by molar-refractivity contribution is 7.14. The van der Waals surface area contributed by atoms with Crippen molar-refractivity contribution in [1.82, 2.24) is 10.3 Å². The quantitative estimate of drug-likeness (QED) is 0.583. The van der Waals surface area contributed by atoms with Gasteiger partial charge in [-0.3, -0.25) is 14.5 Å². The molecule has 0 bridgehead atoms. The number of carbonyl (C=O) groups is 3. The number of nitrogens with one attached hydrogen (secondary N) is 1. The highest BCUT2D eigenvalue weighted by atomic mass is 32.1. The van der Waals surface area contributed by atoms with Crippen LogP contribution in [0.4, 0.5) is 10.8 Å². The van der Waals surface area contributed by atoms with E-state index in [0.717, 1.165) is 0 Å². The Hall–Kier alpha value is -3.00. The van der Waals surface area contributed by atoms with Crippen LogP contribution in [-0.2, 0) is 19.1 Å². The van der Waals surface area contributed by atoms with E-state index in [-0.39, 0.29) is 24.5 Å². The lowest BCUT2D eigenvalue weighted by Gasteiger charge is -2.17. The minimum absolute atomic E-state index is 0.0194. The van der Waals surface area contributed by atoms with Gasteiger partial charge >= 0.3 is 5.97 Å². The summed E-state index contributed by atoms with van der Waals surface area (Å²) in [5.74, 6) is -1.17. The average molecular weight is 387 g/mol. The SMILES string of the molecule is CC(=O)N(c1ccccc1)c1nc(/C=C/C(=O)OCC(=O)NC(C)C)cs1. The topological polar surface area (TPSA) is 88.6 Å². The van der Waals surface area contributed by atoms with Crippen molar-refractivity contribution in [2.75, 3.05) is 11.5 Å². The monoisotopic (exact) mass is 387 g/mol. The Bertz CT molecular complexity index is 830. The maximum Gasteiger partial charge on any atom is 0.331 e. The highest BCUT2D eigenvalue weighted by Gasteiger charge is 2.17. The largest absolute Gasteiger partial charge is 0.452 e. The molecule has 2 amide bonds. The lowest BCUT2D eigenvalue weighted by molar-refractivity contribution is -0.143. The number of hydrogen-bond acceptors (Lipinski definition) is 6. The number of amides is 2. The predicted octanol–water partition coefficient (Wildman–Crippen LogP) is 2.91. The number of nitrogens with zero attached hydrogens (tertiary/aromatic N) is 2. The van der Waals surface area contributed by atoms with Crippen LogP contribution in [0.15, 0.2) is 41.8 Å². The molecule has 0 spiro atoms. The number of hydrogen-bond donors (Lipinski definition) is 1. The average Bonchev–Trinajstić information content (AvgIpc) is 3.07. The summed E-state index contributed by atoms with van der Waals surface area (Å²) in [6.45, 7) is 4.76. The highest BCUT2D eigenvalue weighted by Crippen LogP contribution is 2.28. The summed E-state index contributed by atoms with van der Waals surface area (Å²) < 4.78 is 4.86. The van der Waals surface area contributed by atoms with Crippen LogP contribution in [0.1, 0.15) is 26.5 Å². The second-order valence-electron chi connectivity index (χ2n) is 5.91. The van der Waals surface area contributed by atoms with Gasteiger partial charge in [0.1, 0.15) is 0 Å². The van der Waals surface area contributed by atoms with Gasteiger partial charge in [0.15, 0.2) is 11.7 Å². The molecule has 1 N–H and O–H groups in total. The number of aromatic nitrogens is 1. The summed E-state index contributed by atoms with van der Waals surface area (Å²) in [4.78, 5) is 41.0. The molecule has 0 radical (unpaired) electrons. The third-order valence-electron chi connectivity index (χ3n) is 3.22. The van der Waals surface area contributed by atoms with Crippen molar-refractivity contribution in [2.45, 2.75) is 26.8 Å². The number of para-hydroxylation sites is 1. The van der Waals surface area contributed by atoms with Gasteiger partial charge in [0.25, 0.3) is 5.91 Å². The van der Waals surface area contributed by atoms with Gasteiger partial charge in [0.05, 0.1) is 11.4 Å². The molecule has 0 unspecified atom stereocenters. The van der Waals surface area contributed by atoms with Crippen LogP contribution >= 0.6 is 11.3 Å². The summed E-state index contributed by atoms with van der Waals surface area (Å²) in [5, 5.41) is 4.85. The van der Waals surface area contributed by atoms with E-state index >= 15 is 0 Å². The molecule has 0 saturated heterocycles. The van der Waals surface area contributed by atoms with Crippen molar-refractivity contribution >= 4 is 46.0 Å². The fourth-order valence-corrected chi connectivity index (χ4v) is 3.02. The first-order valence-corrected chi connectivity index (χ1v) is 9.20. The Labute approximate surface area is 161 Å². The molecule has 0 fully saturated rings. The van der Waals surface area contributed by atoms with Gasteiger partial charge in [-0.15, -0.1) is 11.3 Å². The Morgan fingerprint density at radius 1 is 1.26 bits per heavy atom. The number of carbonyl (C=O) groups excluding carboxylic acids is 3. The van der Waals surface area contributed by atoms with Crippen LogP contribution in [0, 0.1) is 0 Å². The number of anilines is 2. The number of esters is 1. The standard InChI is InChI=1S/C19H21N3O4S/c1-13(2)20-17(24)11-26-18(25)10-9-15-12-27-19(21-15)22(14(3)23)16-7-5-4-6-8-16/h4-10,12-13H,11H2,1-3H3,(H,20,24)/b10-9+. The molecule has 0 aliphatic heterocycles. The van der Waals surface area contributed by atoms with Crippen LogP contribution < -0.4 is 10.2 Å². The first-order chi connectivity index (χ1) is 12.9. The van der Waals surface area contributed by atoms with Gasteiger partial charge in [-0.2, -0.15) is 0 Å². The molecule has 7 nitrogen and oxygen atoms in total. The van der Waals surface area contributed by atoms with E-state index in [2.05, 4.69) is 10.3 Å². The molecule has 142 valence electrons. The van der Waals surface area contributed by atoms with E-state index in [9.17, 15) is 14.4 Å². The van der Waals surface area contributed by atoms with Crippen molar-refractivity contribution in [1.29, 1.82) is 0 Å². The maximum atomic E-state index is 12.0. The minimum Gasteiger partial charge on any atom is -0.452 e. The van der Waals surface area contributed by atoms with Crippen LogP contribution in [-0.4, -0.2) is 35.4 Å². The zero-order valence-electron chi connectivity index (χ0n) is 15.3. The summed E-state index contributed by atoms with van der Waals surface area (Å²) in [6.07, 6.45) is 2.67. The molecule has 1 aromatic heterocycles. The van der Waals surface area contributed by atoms with Crippen LogP contribution in [0.25, 0.3) is 6.08 Å². The van der Waals surface area contributed by atoms with E-state index in [1.807, 2.05) is 44.2 Å². The molecule has 1 heterocycles. The first-order valence-electron chi connectivity index (χ1n) is 8.32. The molecule has 0 aliphatic carbocycles. The molecule has 0 aliphatic rings. The molecule has 2 rings (SSSR count). The summed E-state index contributed by atoms with van der Waals surface area (Å²) in [6, 6.07) is 9.16. The fraction of sp³-hybridized carbons (Fsp3) is 0.263. The van der Waals surface area contributed by atoms with Gasteiger partial charge in [-0.25, -0.2) is 9.78 Å². The second kappa shape index (κ2) is 9.63. The van der Waals surface area contributed by atoms with E-state index in [1.54, 1.807) is 5.38 Å². The third kappa shape index (κ3) is 6.34. The number of thiazole rings is 1. The number of ether oxygens (including phenoxy) is 1. The molecule has 0 atom stereocenters. The van der Waals surface area contributed by atoms with Crippen molar-refractivity contribution in [3.63, 3.8) is 0 Å². The maximum absolute atomic E-state index is 12.0. The Kier molecular flexibility index (Phi) is 7.25. The molecule has 0 saturated carbocycles. The molecule has 8 heteroatoms. The molecule has 1 aromatic carbocycles. The van der Waals surface area contributed by atoms with E-state index in [1.165, 1.54) is 35.3 Å². The second-order valence-corrected chi connectivity index (χ2v) is 6.74. The van der Waals surface area contributed by atoms with Gasteiger partial charge in [-0.05, 0) is 32.1 Å². The van der Waals surface area contributed by atoms with Crippen molar-refractivity contribution in [2.24, 2.45) is 0 Å². The van der Waals surface area contributed by atoms with Crippen molar-refractivity contribution < 1.29 is 19.1 Å². The number of rotatable bonds is 7. The Morgan fingerprint density at radius 2 is 1.96 bits per heavy atom. The normalized spacial score (nSPS) is 10.8. The Balaban J connectivity index is 2.00. The zero-order chi connectivity index (χ0) is 19.8. The van der Waals surface area contributed by atoms with E-state index in [4.69, 9.17) is 4.74 Å².